The van der Waals surface area contributed by atoms with Gasteiger partial charge in [-0.1, -0.05) is 0 Å². The Balaban J connectivity index is 1.96. The van der Waals surface area contributed by atoms with Crippen LogP contribution in [0.3, 0.4) is 0 Å². The van der Waals surface area contributed by atoms with Crippen LogP contribution in [0.2, 0.25) is 0 Å². The Labute approximate surface area is 164 Å². The Morgan fingerprint density at radius 3 is 3.00 bits per heavy atom. The summed E-state index contributed by atoms with van der Waals surface area (Å²) >= 11 is 0. The first-order valence-corrected chi connectivity index (χ1v) is 8.70. The first kappa shape index (κ1) is 18.4. The minimum atomic E-state index is -0.733. The third kappa shape index (κ3) is 3.12. The largest absolute Gasteiger partial charge is 0.467 e. The first-order chi connectivity index (χ1) is 13.9. The minimum absolute atomic E-state index is 0.0163. The van der Waals surface area contributed by atoms with E-state index in [1.54, 1.807) is 14.0 Å². The number of nitrogens with zero attached hydrogens (tertiary/aromatic N) is 5. The predicted molar refractivity (Wildman–Crippen MR) is 100.0 cm³/mol. The lowest BCUT2D eigenvalue weighted by atomic mass is 10.0. The van der Waals surface area contributed by atoms with Crippen LogP contribution in [0.25, 0.3) is 11.3 Å². The van der Waals surface area contributed by atoms with Crippen LogP contribution in [0.15, 0.2) is 24.4 Å². The number of hydrogen-bond donors (Lipinski definition) is 2. The second-order valence-corrected chi connectivity index (χ2v) is 6.64. The van der Waals surface area contributed by atoms with Crippen LogP contribution in [0, 0.1) is 17.1 Å². The van der Waals surface area contributed by atoms with Gasteiger partial charge in [-0.25, -0.2) is 14.4 Å². The molecule has 3 heterocycles. The molecule has 2 bridgehead atoms. The lowest BCUT2D eigenvalue weighted by Crippen LogP contribution is -2.28. The maximum Gasteiger partial charge on any atom is 0.258 e. The molecule has 1 atom stereocenters. The number of ether oxygens (including phenoxy) is 1. The number of nitrogens with one attached hydrogen (secondary N) is 1. The van der Waals surface area contributed by atoms with Crippen molar-refractivity contribution in [3.63, 3.8) is 0 Å². The Bertz CT molecular complexity index is 1170. The summed E-state index contributed by atoms with van der Waals surface area (Å²) in [5.41, 5.74) is 7.89. The van der Waals surface area contributed by atoms with Crippen molar-refractivity contribution < 1.29 is 13.9 Å². The van der Waals surface area contributed by atoms with Gasteiger partial charge in [0.05, 0.1) is 29.7 Å². The van der Waals surface area contributed by atoms with Crippen LogP contribution < -0.4 is 10.5 Å². The van der Waals surface area contributed by atoms with Crippen LogP contribution in [0.4, 0.5) is 10.2 Å². The van der Waals surface area contributed by atoms with Crippen molar-refractivity contribution in [1.82, 2.24) is 25.1 Å². The molecule has 0 fully saturated rings. The number of nitrogens with two attached hydrogens (primary N) is 1. The fourth-order valence-electron chi connectivity index (χ4n) is 3.25. The van der Waals surface area contributed by atoms with Crippen LogP contribution >= 0.6 is 0 Å². The van der Waals surface area contributed by atoms with E-state index in [4.69, 9.17) is 10.5 Å². The topological polar surface area (TPSA) is 134 Å². The molecule has 3 aromatic rings. The Morgan fingerprint density at radius 2 is 2.24 bits per heavy atom. The van der Waals surface area contributed by atoms with Gasteiger partial charge in [-0.3, -0.25) is 9.89 Å². The summed E-state index contributed by atoms with van der Waals surface area (Å²) in [7, 11) is 1.60. The predicted octanol–water partition coefficient (Wildman–Crippen LogP) is 2.19. The van der Waals surface area contributed by atoms with Crippen LogP contribution in [-0.4, -0.2) is 38.0 Å². The number of carbonyl (C=O) groups excluding carboxylic acids is 1. The number of H-pyrrole nitrogens is 1. The molecule has 0 saturated heterocycles. The summed E-state index contributed by atoms with van der Waals surface area (Å²) in [5, 5.41) is 16.2. The molecule has 2 aromatic heterocycles. The van der Waals surface area contributed by atoms with Crippen molar-refractivity contribution >= 4 is 11.7 Å². The normalized spacial score (nSPS) is 16.0. The summed E-state index contributed by atoms with van der Waals surface area (Å²) in [6, 6.07) is 5.88. The molecule has 1 aliphatic heterocycles. The van der Waals surface area contributed by atoms with E-state index in [1.807, 2.05) is 6.07 Å². The van der Waals surface area contributed by atoms with E-state index in [-0.39, 0.29) is 35.4 Å². The molecule has 1 aromatic carbocycles. The molecular weight excluding hydrogens is 377 g/mol. The van der Waals surface area contributed by atoms with Gasteiger partial charge in [-0.2, -0.15) is 10.4 Å². The summed E-state index contributed by atoms with van der Waals surface area (Å²) < 4.78 is 19.7. The molecule has 29 heavy (non-hydrogen) atoms. The SMILES string of the molecule is C[C@H]1Oc2nc(cnc2N)-c2c(C#N)n[nH]c2CN(C)C(=O)c2ccc(F)cc21. The van der Waals surface area contributed by atoms with Gasteiger partial charge in [-0.15, -0.1) is 0 Å². The number of benzene rings is 1. The molecule has 0 spiro atoms. The molecular formula is C19H16FN7O2. The highest BCUT2D eigenvalue weighted by Gasteiger charge is 2.26. The zero-order valence-electron chi connectivity index (χ0n) is 15.6. The average molecular weight is 393 g/mol. The van der Waals surface area contributed by atoms with Gasteiger partial charge in [0.25, 0.3) is 11.8 Å². The molecule has 0 saturated carbocycles. The van der Waals surface area contributed by atoms with Gasteiger partial charge in [-0.05, 0) is 25.1 Å². The summed E-state index contributed by atoms with van der Waals surface area (Å²) in [6.45, 7) is 1.78. The number of aromatic nitrogens is 4. The Hall–Kier alpha value is -4.00. The Morgan fingerprint density at radius 1 is 1.45 bits per heavy atom. The number of anilines is 1. The van der Waals surface area contributed by atoms with E-state index < -0.39 is 11.9 Å². The number of halogens is 1. The van der Waals surface area contributed by atoms with E-state index in [0.717, 1.165) is 0 Å². The summed E-state index contributed by atoms with van der Waals surface area (Å²) in [6.07, 6.45) is 0.673. The van der Waals surface area contributed by atoms with Gasteiger partial charge in [0.2, 0.25) is 0 Å². The maximum absolute atomic E-state index is 13.9. The molecule has 1 amide bonds. The van der Waals surface area contributed by atoms with Gasteiger partial charge in [0, 0.05) is 18.2 Å². The van der Waals surface area contributed by atoms with Gasteiger partial charge in [0.1, 0.15) is 18.0 Å². The lowest BCUT2D eigenvalue weighted by Gasteiger charge is -2.23. The fraction of sp³-hybridized carbons (Fsp3) is 0.211. The van der Waals surface area contributed by atoms with E-state index in [1.165, 1.54) is 29.3 Å². The monoisotopic (exact) mass is 393 g/mol. The Kier molecular flexibility index (Phi) is 4.35. The number of amides is 1. The van der Waals surface area contributed by atoms with E-state index >= 15 is 0 Å². The quantitative estimate of drug-likeness (QED) is 0.598. The molecule has 10 heteroatoms. The number of nitrogen functional groups attached to an aromatic ring is 1. The third-order valence-electron chi connectivity index (χ3n) is 4.68. The van der Waals surface area contributed by atoms with Crippen molar-refractivity contribution in [1.29, 1.82) is 5.26 Å². The molecule has 0 radical (unpaired) electrons. The van der Waals surface area contributed by atoms with Crippen molar-refractivity contribution in [2.24, 2.45) is 0 Å². The minimum Gasteiger partial charge on any atom is -0.467 e. The molecule has 4 rings (SSSR count). The van der Waals surface area contributed by atoms with Crippen LogP contribution in [0.1, 0.15) is 40.3 Å². The van der Waals surface area contributed by atoms with Crippen molar-refractivity contribution in [3.8, 4) is 23.2 Å². The molecule has 9 nitrogen and oxygen atoms in total. The molecule has 0 unspecified atom stereocenters. The first-order valence-electron chi connectivity index (χ1n) is 8.70. The van der Waals surface area contributed by atoms with Gasteiger partial charge in [0.15, 0.2) is 11.5 Å². The highest BCUT2D eigenvalue weighted by atomic mass is 19.1. The number of hydrogen-bond acceptors (Lipinski definition) is 7. The van der Waals surface area contributed by atoms with Crippen molar-refractivity contribution in [2.75, 3.05) is 12.8 Å². The highest BCUT2D eigenvalue weighted by Crippen LogP contribution is 2.32. The molecule has 0 aliphatic carbocycles. The number of carbonyl (C=O) groups is 1. The zero-order valence-corrected chi connectivity index (χ0v) is 15.6. The van der Waals surface area contributed by atoms with E-state index in [0.29, 0.717) is 22.5 Å². The average Bonchev–Trinajstić information content (AvgIpc) is 3.10. The summed E-state index contributed by atoms with van der Waals surface area (Å²) in [4.78, 5) is 23.0. The van der Waals surface area contributed by atoms with E-state index in [9.17, 15) is 14.4 Å². The van der Waals surface area contributed by atoms with Crippen LogP contribution in [-0.2, 0) is 6.54 Å². The van der Waals surface area contributed by atoms with E-state index in [2.05, 4.69) is 20.2 Å². The molecule has 1 aliphatic rings. The number of fused-ring (bicyclic) bond motifs is 5. The standard InChI is InChI=1S/C19H16FN7O2/c1-9-12-5-10(20)3-4-11(12)19(28)27(2)8-15-16(13(6-21)25-26-15)14-7-23-17(22)18(24-14)29-9/h3-5,7,9H,8H2,1-2H3,(H2,22,23)(H,25,26)/t9-/m1/s1. The van der Waals surface area contributed by atoms with Gasteiger partial charge >= 0.3 is 0 Å². The second kappa shape index (κ2) is 6.87. The smallest absolute Gasteiger partial charge is 0.258 e. The van der Waals surface area contributed by atoms with Gasteiger partial charge < -0.3 is 15.4 Å². The number of aromatic amines is 1. The maximum atomic E-state index is 13.9. The lowest BCUT2D eigenvalue weighted by molar-refractivity contribution is 0.0778. The second-order valence-electron chi connectivity index (χ2n) is 6.64. The van der Waals surface area contributed by atoms with Crippen molar-refractivity contribution in [2.45, 2.75) is 19.6 Å². The number of nitriles is 1. The molecule has 3 N–H and O–H groups in total. The molecule has 146 valence electrons. The summed E-state index contributed by atoms with van der Waals surface area (Å²) in [5.74, 6) is -0.785. The zero-order chi connectivity index (χ0) is 20.7. The van der Waals surface area contributed by atoms with Crippen LogP contribution in [0.5, 0.6) is 5.88 Å². The van der Waals surface area contributed by atoms with Crippen molar-refractivity contribution in [3.05, 3.63) is 52.7 Å². The number of rotatable bonds is 0. The highest BCUT2D eigenvalue weighted by molar-refractivity contribution is 5.95. The fourth-order valence-corrected chi connectivity index (χ4v) is 3.25. The third-order valence-corrected chi connectivity index (χ3v) is 4.68.